The van der Waals surface area contributed by atoms with Crippen LogP contribution in [-0.4, -0.2) is 117 Å². The van der Waals surface area contributed by atoms with Crippen molar-refractivity contribution in [2.75, 3.05) is 53.5 Å². The van der Waals surface area contributed by atoms with Gasteiger partial charge in [0.25, 0.3) is 0 Å². The molecule has 1 heterocycles. The van der Waals surface area contributed by atoms with Gasteiger partial charge >= 0.3 is 5.97 Å². The molecule has 1 spiro atoms. The Hall–Kier alpha value is -2.12. The van der Waals surface area contributed by atoms with E-state index < -0.39 is 40.1 Å². The van der Waals surface area contributed by atoms with Gasteiger partial charge in [0.05, 0.1) is 48.3 Å². The van der Waals surface area contributed by atoms with E-state index in [-0.39, 0.29) is 60.4 Å². The standard InChI is InChI=1S/C37H54N2O9/c1-8-20(3)31(40)38-24-13-11-10-12-21(24)32(41)48-19-34-15-14-26(45-5)36-23-16-22-25(44-4)17-35(42,27(23)28(22)46-6)37(43,30(47-7)29(34)36)33(36)39(9-2)18-34/h10-13,20,22-23,25-30,33,42-43H,8-9,14-19H2,1-7H3,(H,38,40). The smallest absolute Gasteiger partial charge is 0.340 e. The van der Waals surface area contributed by atoms with Crippen molar-refractivity contribution in [1.82, 2.24) is 4.90 Å². The summed E-state index contributed by atoms with van der Waals surface area (Å²) in [5, 5.41) is 29.5. The summed E-state index contributed by atoms with van der Waals surface area (Å²) in [6.07, 6.45) is 1.66. The molecule has 266 valence electrons. The number of hydrogen-bond donors (Lipinski definition) is 3. The Morgan fingerprint density at radius 3 is 2.46 bits per heavy atom. The second kappa shape index (κ2) is 12.0. The van der Waals surface area contributed by atoms with Crippen LogP contribution in [0.4, 0.5) is 5.69 Å². The minimum Gasteiger partial charge on any atom is -0.461 e. The molecule has 0 aromatic heterocycles. The average molecular weight is 671 g/mol. The quantitative estimate of drug-likeness (QED) is 0.302. The van der Waals surface area contributed by atoms with Crippen LogP contribution in [-0.2, 0) is 28.5 Å². The second-order valence-electron chi connectivity index (χ2n) is 15.6. The Balaban J connectivity index is 1.32. The van der Waals surface area contributed by atoms with Crippen molar-refractivity contribution in [3.8, 4) is 0 Å². The second-order valence-corrected chi connectivity index (χ2v) is 15.6. The van der Waals surface area contributed by atoms with Crippen molar-refractivity contribution in [3.63, 3.8) is 0 Å². The number of benzene rings is 1. The van der Waals surface area contributed by atoms with Crippen molar-refractivity contribution in [3.05, 3.63) is 29.8 Å². The third kappa shape index (κ3) is 4.12. The number of carbonyl (C=O) groups excluding carboxylic acids is 2. The van der Waals surface area contributed by atoms with Crippen LogP contribution in [0.3, 0.4) is 0 Å². The van der Waals surface area contributed by atoms with Gasteiger partial charge in [0.1, 0.15) is 11.2 Å². The van der Waals surface area contributed by atoms with Crippen LogP contribution >= 0.6 is 0 Å². The average Bonchev–Trinajstić information content (AvgIpc) is 3.51. The topological polar surface area (TPSA) is 136 Å². The van der Waals surface area contributed by atoms with Gasteiger partial charge in [-0.3, -0.25) is 9.69 Å². The number of nitrogens with one attached hydrogen (secondary N) is 1. The van der Waals surface area contributed by atoms with E-state index in [0.29, 0.717) is 43.6 Å². The molecule has 48 heavy (non-hydrogen) atoms. The fourth-order valence-electron chi connectivity index (χ4n) is 12.5. The summed E-state index contributed by atoms with van der Waals surface area (Å²) < 4.78 is 31.4. The molecule has 1 amide bonds. The van der Waals surface area contributed by atoms with Crippen LogP contribution in [0.2, 0.25) is 0 Å². The number of anilines is 1. The number of para-hydroxylation sites is 1. The van der Waals surface area contributed by atoms with E-state index in [0.717, 1.165) is 12.8 Å². The van der Waals surface area contributed by atoms with Gasteiger partial charge in [0, 0.05) is 75.9 Å². The van der Waals surface area contributed by atoms with Crippen LogP contribution in [0, 0.1) is 40.4 Å². The number of amides is 1. The van der Waals surface area contributed by atoms with Gasteiger partial charge in [-0.25, -0.2) is 4.79 Å². The molecular formula is C37H54N2O9. The fraction of sp³-hybridized carbons (Fsp3) is 0.784. The van der Waals surface area contributed by atoms with Gasteiger partial charge in [-0.2, -0.15) is 0 Å². The van der Waals surface area contributed by atoms with E-state index in [1.165, 1.54) is 0 Å². The van der Waals surface area contributed by atoms with Crippen LogP contribution < -0.4 is 5.32 Å². The molecular weight excluding hydrogens is 616 g/mol. The third-order valence-electron chi connectivity index (χ3n) is 14.3. The van der Waals surface area contributed by atoms with Crippen LogP contribution in [0.5, 0.6) is 0 Å². The van der Waals surface area contributed by atoms with E-state index in [1.54, 1.807) is 52.7 Å². The molecule has 1 saturated heterocycles. The molecule has 1 aromatic rings. The van der Waals surface area contributed by atoms with E-state index in [1.807, 2.05) is 13.8 Å². The summed E-state index contributed by atoms with van der Waals surface area (Å²) >= 11 is 0. The third-order valence-corrected chi connectivity index (χ3v) is 14.3. The first-order chi connectivity index (χ1) is 23.0. The predicted octanol–water partition coefficient (Wildman–Crippen LogP) is 3.12. The Morgan fingerprint density at radius 2 is 1.81 bits per heavy atom. The number of methoxy groups -OCH3 is 4. The normalized spacial score (nSPS) is 45.9. The molecule has 3 N–H and O–H groups in total. The Morgan fingerprint density at radius 1 is 1.06 bits per heavy atom. The molecule has 0 radical (unpaired) electrons. The SMILES string of the molecule is CCC(C)C(=O)Nc1ccccc1C(=O)OCC12CCC(OC)C34C5CC6C(OC)CC(O)(C5C6OC)C(O)(C(OC)C13)C4N(CC)C2. The number of hydrogen-bond acceptors (Lipinski definition) is 10. The molecule has 11 heteroatoms. The molecule has 1 aromatic carbocycles. The summed E-state index contributed by atoms with van der Waals surface area (Å²) in [6, 6.07) is 6.53. The van der Waals surface area contributed by atoms with Gasteiger partial charge in [-0.05, 0) is 50.3 Å². The van der Waals surface area contributed by atoms with E-state index >= 15 is 0 Å². The molecule has 7 bridgehead atoms. The minimum absolute atomic E-state index is 0.0424. The molecule has 11 nitrogen and oxygen atoms in total. The lowest BCUT2D eigenvalue weighted by atomic mass is 9.42. The Bertz CT molecular complexity index is 1430. The van der Waals surface area contributed by atoms with Crippen LogP contribution in [0.25, 0.3) is 0 Å². The number of rotatable bonds is 11. The number of fused-ring (bicyclic) bond motifs is 2. The first-order valence-electron chi connectivity index (χ1n) is 17.9. The number of nitrogens with zero attached hydrogens (tertiary/aromatic N) is 1. The lowest BCUT2D eigenvalue weighted by Crippen LogP contribution is -2.82. The minimum atomic E-state index is -1.66. The first-order valence-corrected chi connectivity index (χ1v) is 17.9. The highest BCUT2D eigenvalue weighted by atomic mass is 16.5. The van der Waals surface area contributed by atoms with E-state index in [2.05, 4.69) is 17.1 Å². The maximum absolute atomic E-state index is 13.9. The molecule has 6 aliphatic rings. The summed E-state index contributed by atoms with van der Waals surface area (Å²) in [6.45, 7) is 7.22. The van der Waals surface area contributed by atoms with Crippen molar-refractivity contribution in [1.29, 1.82) is 0 Å². The molecule has 14 atom stereocenters. The number of esters is 1. The summed E-state index contributed by atoms with van der Waals surface area (Å²) in [5.74, 6) is -1.43. The largest absolute Gasteiger partial charge is 0.461 e. The molecule has 14 unspecified atom stereocenters. The molecule has 6 fully saturated rings. The number of piperidine rings is 1. The number of aliphatic hydroxyl groups is 2. The van der Waals surface area contributed by atoms with Crippen molar-refractivity contribution in [2.24, 2.45) is 40.4 Å². The van der Waals surface area contributed by atoms with E-state index in [4.69, 9.17) is 23.7 Å². The summed E-state index contributed by atoms with van der Waals surface area (Å²) in [7, 11) is 6.77. The lowest BCUT2D eigenvalue weighted by Gasteiger charge is -2.70. The predicted molar refractivity (Wildman–Crippen MR) is 176 cm³/mol. The number of likely N-dealkylation sites (N-methyl/N-ethyl adjacent to an activating group) is 1. The zero-order valence-corrected chi connectivity index (χ0v) is 29.4. The zero-order valence-electron chi connectivity index (χ0n) is 29.4. The van der Waals surface area contributed by atoms with E-state index in [9.17, 15) is 19.8 Å². The fourth-order valence-corrected chi connectivity index (χ4v) is 12.5. The Labute approximate surface area is 283 Å². The van der Waals surface area contributed by atoms with Crippen molar-refractivity contribution in [2.45, 2.75) is 94.5 Å². The highest BCUT2D eigenvalue weighted by Crippen LogP contribution is 2.80. The number of carbonyl (C=O) groups is 2. The van der Waals surface area contributed by atoms with Crippen molar-refractivity contribution >= 4 is 17.6 Å². The first kappa shape index (κ1) is 34.3. The highest BCUT2D eigenvalue weighted by molar-refractivity contribution is 6.01. The van der Waals surface area contributed by atoms with Crippen LogP contribution in [0.1, 0.15) is 63.2 Å². The summed E-state index contributed by atoms with van der Waals surface area (Å²) in [5.41, 5.74) is -3.66. The molecule has 5 aliphatic carbocycles. The highest BCUT2D eigenvalue weighted by Gasteiger charge is 2.91. The molecule has 7 rings (SSSR count). The van der Waals surface area contributed by atoms with Gasteiger partial charge in [-0.15, -0.1) is 0 Å². The van der Waals surface area contributed by atoms with Gasteiger partial charge in [0.2, 0.25) is 5.91 Å². The zero-order chi connectivity index (χ0) is 34.4. The van der Waals surface area contributed by atoms with Gasteiger partial charge in [-0.1, -0.05) is 32.9 Å². The van der Waals surface area contributed by atoms with Gasteiger partial charge < -0.3 is 39.2 Å². The number of likely N-dealkylation sites (tertiary alicyclic amines) is 1. The summed E-state index contributed by atoms with van der Waals surface area (Å²) in [4.78, 5) is 29.0. The Kier molecular flexibility index (Phi) is 8.58. The number of ether oxygens (including phenoxy) is 5. The monoisotopic (exact) mass is 670 g/mol. The molecule has 1 aliphatic heterocycles. The maximum Gasteiger partial charge on any atom is 0.340 e. The van der Waals surface area contributed by atoms with Gasteiger partial charge in [0.15, 0.2) is 0 Å². The molecule has 5 saturated carbocycles. The van der Waals surface area contributed by atoms with Crippen LogP contribution in [0.15, 0.2) is 24.3 Å². The lowest BCUT2D eigenvalue weighted by molar-refractivity contribution is -0.320. The van der Waals surface area contributed by atoms with Crippen molar-refractivity contribution < 1.29 is 43.5 Å². The maximum atomic E-state index is 13.9.